The molecule has 11 heteroatoms. The molecular weight excluding hydrogens is 676 g/mol. The van der Waals surface area contributed by atoms with Gasteiger partial charge in [-0.1, -0.05) is 72.3 Å². The normalized spacial score (nSPS) is 26.8. The molecule has 4 aromatic carbocycles. The van der Waals surface area contributed by atoms with Crippen LogP contribution in [0.2, 0.25) is 5.02 Å². The van der Waals surface area contributed by atoms with Gasteiger partial charge in [0.2, 0.25) is 11.8 Å². The summed E-state index contributed by atoms with van der Waals surface area (Å²) in [6, 6.07) is 22.5. The van der Waals surface area contributed by atoms with Gasteiger partial charge in [-0.05, 0) is 84.5 Å². The van der Waals surface area contributed by atoms with E-state index in [1.165, 1.54) is 41.3 Å². The van der Waals surface area contributed by atoms with Crippen LogP contribution in [-0.4, -0.2) is 33.7 Å². The fraction of sp³-hybridized carbons (Fsp3) is 0.200. The van der Waals surface area contributed by atoms with Crippen LogP contribution in [0.1, 0.15) is 35.4 Å². The van der Waals surface area contributed by atoms with Crippen molar-refractivity contribution >= 4 is 52.7 Å². The van der Waals surface area contributed by atoms with Crippen molar-refractivity contribution in [1.29, 1.82) is 0 Å². The van der Waals surface area contributed by atoms with Crippen molar-refractivity contribution in [1.82, 2.24) is 5.01 Å². The molecule has 0 radical (unpaired) electrons. The van der Waals surface area contributed by atoms with Crippen LogP contribution in [0.5, 0.6) is 5.75 Å². The Balaban J connectivity index is 1.32. The monoisotopic (exact) mass is 705 g/mol. The Bertz CT molecular complexity index is 2170. The molecule has 2 saturated heterocycles. The summed E-state index contributed by atoms with van der Waals surface area (Å²) in [5.41, 5.74) is 3.59. The summed E-state index contributed by atoms with van der Waals surface area (Å²) in [5.74, 6) is -8.89. The van der Waals surface area contributed by atoms with Gasteiger partial charge >= 0.3 is 0 Å². The zero-order valence-corrected chi connectivity index (χ0v) is 27.7. The highest BCUT2D eigenvalue weighted by Crippen LogP contribution is 2.65. The van der Waals surface area contributed by atoms with Crippen molar-refractivity contribution in [3.63, 3.8) is 0 Å². The molecule has 8 rings (SSSR count). The van der Waals surface area contributed by atoms with Gasteiger partial charge in [0, 0.05) is 16.5 Å². The minimum absolute atomic E-state index is 0.00334. The molecule has 6 unspecified atom stereocenters. The van der Waals surface area contributed by atoms with Crippen LogP contribution in [0, 0.1) is 35.3 Å². The van der Waals surface area contributed by atoms with Crippen LogP contribution in [0.3, 0.4) is 0 Å². The van der Waals surface area contributed by atoms with Gasteiger partial charge in [0.15, 0.2) is 11.6 Å². The number of rotatable bonds is 6. The maximum atomic E-state index is 15.3. The largest absolute Gasteiger partial charge is 0.505 e. The molecule has 4 aliphatic rings. The number of hydrogen-bond acceptors (Lipinski definition) is 6. The molecule has 4 aromatic rings. The van der Waals surface area contributed by atoms with Gasteiger partial charge in [0.25, 0.3) is 11.8 Å². The SMILES string of the molecule is C=Cc1ccc(N2C(=O)C3CC=C4C(CC5C(=O)N(Nc6ccc(F)cc6)C(=O)C5(c5ccc(Cl)cc5)C4c4cccc(F)c4O)C3C2=O)cc1. The molecular formula is C40H30ClF2N3O5. The number of phenolic OH excluding ortho intramolecular Hbond substituents is 1. The summed E-state index contributed by atoms with van der Waals surface area (Å²) in [5, 5.41) is 12.6. The molecule has 6 atom stereocenters. The second-order valence-corrected chi connectivity index (χ2v) is 13.8. The van der Waals surface area contributed by atoms with Crippen molar-refractivity contribution in [2.24, 2.45) is 23.7 Å². The molecule has 0 spiro atoms. The number of nitrogens with one attached hydrogen (secondary N) is 1. The molecule has 2 aliphatic heterocycles. The number of allylic oxidation sites excluding steroid dienone is 2. The van der Waals surface area contributed by atoms with E-state index >= 15 is 9.18 Å². The van der Waals surface area contributed by atoms with Crippen LogP contribution in [0.25, 0.3) is 6.08 Å². The third-order valence-corrected chi connectivity index (χ3v) is 11.2. The predicted molar refractivity (Wildman–Crippen MR) is 186 cm³/mol. The van der Waals surface area contributed by atoms with Crippen LogP contribution in [0.15, 0.2) is 109 Å². The van der Waals surface area contributed by atoms with E-state index in [-0.39, 0.29) is 30.0 Å². The van der Waals surface area contributed by atoms with Crippen molar-refractivity contribution < 1.29 is 33.1 Å². The smallest absolute Gasteiger partial charge is 0.260 e. The molecule has 51 heavy (non-hydrogen) atoms. The topological polar surface area (TPSA) is 107 Å². The Kier molecular flexibility index (Phi) is 7.68. The minimum Gasteiger partial charge on any atom is -0.505 e. The minimum atomic E-state index is -1.75. The first-order valence-electron chi connectivity index (χ1n) is 16.5. The Morgan fingerprint density at radius 2 is 1.57 bits per heavy atom. The van der Waals surface area contributed by atoms with E-state index in [1.807, 2.05) is 6.08 Å². The fourth-order valence-electron chi connectivity index (χ4n) is 8.78. The number of amides is 4. The molecule has 4 amide bonds. The van der Waals surface area contributed by atoms with Gasteiger partial charge in [0.05, 0.1) is 34.5 Å². The van der Waals surface area contributed by atoms with E-state index in [2.05, 4.69) is 12.0 Å². The van der Waals surface area contributed by atoms with E-state index in [0.29, 0.717) is 21.8 Å². The van der Waals surface area contributed by atoms with E-state index in [4.69, 9.17) is 11.6 Å². The molecule has 0 aromatic heterocycles. The molecule has 1 saturated carbocycles. The molecule has 0 bridgehead atoms. The molecule has 8 nitrogen and oxygen atoms in total. The number of para-hydroxylation sites is 1. The number of imide groups is 2. The first kappa shape index (κ1) is 32.6. The van der Waals surface area contributed by atoms with Gasteiger partial charge in [-0.15, -0.1) is 0 Å². The molecule has 2 heterocycles. The summed E-state index contributed by atoms with van der Waals surface area (Å²) in [6.07, 6.45) is 3.61. The number of carbonyl (C=O) groups excluding carboxylic acids is 4. The highest BCUT2D eigenvalue weighted by molar-refractivity contribution is 6.30. The molecule has 2 aliphatic carbocycles. The lowest BCUT2D eigenvalue weighted by Crippen LogP contribution is -2.53. The fourth-order valence-corrected chi connectivity index (χ4v) is 8.90. The summed E-state index contributed by atoms with van der Waals surface area (Å²) in [4.78, 5) is 59.3. The third-order valence-electron chi connectivity index (χ3n) is 11.0. The highest BCUT2D eigenvalue weighted by Gasteiger charge is 2.70. The second kappa shape index (κ2) is 12.0. The number of hydrogen-bond donors (Lipinski definition) is 2. The van der Waals surface area contributed by atoms with E-state index in [0.717, 1.165) is 16.6 Å². The maximum Gasteiger partial charge on any atom is 0.260 e. The maximum absolute atomic E-state index is 15.3. The summed E-state index contributed by atoms with van der Waals surface area (Å²) >= 11 is 6.30. The predicted octanol–water partition coefficient (Wildman–Crippen LogP) is 7.16. The van der Waals surface area contributed by atoms with Crippen molar-refractivity contribution in [2.75, 3.05) is 10.3 Å². The van der Waals surface area contributed by atoms with Gasteiger partial charge < -0.3 is 5.11 Å². The lowest BCUT2D eigenvalue weighted by Gasteiger charge is -2.50. The zero-order chi connectivity index (χ0) is 35.8. The molecule has 3 fully saturated rings. The van der Waals surface area contributed by atoms with Crippen molar-refractivity contribution in [3.8, 4) is 5.75 Å². The van der Waals surface area contributed by atoms with Gasteiger partial charge in [-0.3, -0.25) is 29.5 Å². The number of anilines is 2. The lowest BCUT2D eigenvalue weighted by atomic mass is 9.49. The number of hydrazine groups is 1. The Labute approximate surface area is 296 Å². The first-order valence-corrected chi connectivity index (χ1v) is 16.9. The summed E-state index contributed by atoms with van der Waals surface area (Å²) in [7, 11) is 0. The Hall–Kier alpha value is -5.61. The van der Waals surface area contributed by atoms with E-state index < -0.39 is 70.1 Å². The number of nitrogens with zero attached hydrogens (tertiary/aromatic N) is 2. The summed E-state index contributed by atoms with van der Waals surface area (Å²) < 4.78 is 29.1. The van der Waals surface area contributed by atoms with E-state index in [1.54, 1.807) is 54.6 Å². The molecule has 2 N–H and O–H groups in total. The number of phenols is 1. The van der Waals surface area contributed by atoms with E-state index in [9.17, 15) is 23.9 Å². The number of halogens is 3. The lowest BCUT2D eigenvalue weighted by molar-refractivity contribution is -0.138. The number of fused-ring (bicyclic) bond motifs is 4. The quantitative estimate of drug-likeness (QED) is 0.163. The zero-order valence-electron chi connectivity index (χ0n) is 26.9. The third kappa shape index (κ3) is 4.76. The van der Waals surface area contributed by atoms with Crippen molar-refractivity contribution in [3.05, 3.63) is 143 Å². The van der Waals surface area contributed by atoms with Crippen LogP contribution in [-0.2, 0) is 24.6 Å². The van der Waals surface area contributed by atoms with Crippen LogP contribution < -0.4 is 10.3 Å². The number of carbonyl (C=O) groups is 4. The standard InChI is InChI=1S/C40H30ClF2N3O5/c1-2-21-6-16-26(17-7-21)45-36(48)28-19-18-27-30(33(28)38(45)50)20-31-37(49)46(44-25-14-12-24(42)13-15-25)39(51)40(31,22-8-10-23(41)11-9-22)34(27)29-4-3-5-32(43)35(29)47/h2-18,28,30-31,33-34,44,47H,1,19-20H2. The van der Waals surface area contributed by atoms with Crippen molar-refractivity contribution in [2.45, 2.75) is 24.2 Å². The van der Waals surface area contributed by atoms with Crippen LogP contribution in [0.4, 0.5) is 20.2 Å². The highest BCUT2D eigenvalue weighted by atomic mass is 35.5. The van der Waals surface area contributed by atoms with Gasteiger partial charge in [-0.25, -0.2) is 8.78 Å². The number of aromatic hydroxyl groups is 1. The van der Waals surface area contributed by atoms with Gasteiger partial charge in [-0.2, -0.15) is 5.01 Å². The summed E-state index contributed by atoms with van der Waals surface area (Å²) in [6.45, 7) is 3.76. The number of benzene rings is 4. The molecule has 256 valence electrons. The Morgan fingerprint density at radius 3 is 2.25 bits per heavy atom. The average Bonchev–Trinajstić information content (AvgIpc) is 3.51. The van der Waals surface area contributed by atoms with Gasteiger partial charge in [0.1, 0.15) is 5.82 Å². The average molecular weight is 706 g/mol. The second-order valence-electron chi connectivity index (χ2n) is 13.4. The first-order chi connectivity index (χ1) is 24.6. The Morgan fingerprint density at radius 1 is 0.863 bits per heavy atom. The van der Waals surface area contributed by atoms with Crippen LogP contribution >= 0.6 is 11.6 Å².